The number of benzene rings is 2. The summed E-state index contributed by atoms with van der Waals surface area (Å²) >= 11 is 0. The lowest BCUT2D eigenvalue weighted by Crippen LogP contribution is -2.09. The molecule has 0 saturated heterocycles. The Balaban J connectivity index is 1.82. The zero-order valence-corrected chi connectivity index (χ0v) is 12.8. The number of fused-ring (bicyclic) bond motifs is 1. The van der Waals surface area contributed by atoms with E-state index < -0.39 is 16.6 Å². The van der Waals surface area contributed by atoms with Crippen LogP contribution in [0.1, 0.15) is 5.56 Å². The Morgan fingerprint density at radius 3 is 2.80 bits per heavy atom. The number of hydrogen-bond donors (Lipinski definition) is 1. The normalized spacial score (nSPS) is 10.9. The Morgan fingerprint density at radius 1 is 1.20 bits per heavy atom. The predicted octanol–water partition coefficient (Wildman–Crippen LogP) is 3.93. The fraction of sp³-hybridized carbons (Fsp3) is 0. The molecule has 0 aliphatic heterocycles. The van der Waals surface area contributed by atoms with E-state index in [1.807, 2.05) is 24.3 Å². The lowest BCUT2D eigenvalue weighted by atomic mass is 10.1. The molecule has 0 unspecified atom stereocenters. The topological polar surface area (TPSA) is 85.1 Å². The van der Waals surface area contributed by atoms with E-state index in [9.17, 15) is 19.3 Å². The number of para-hydroxylation sites is 1. The number of halogens is 1. The zero-order valence-electron chi connectivity index (χ0n) is 12.8. The van der Waals surface area contributed by atoms with E-state index >= 15 is 0 Å². The number of nitrogens with zero attached hydrogens (tertiary/aromatic N) is 2. The van der Waals surface area contributed by atoms with Gasteiger partial charge in [-0.2, -0.15) is 0 Å². The van der Waals surface area contributed by atoms with Gasteiger partial charge in [-0.05, 0) is 18.2 Å². The molecule has 3 rings (SSSR count). The second-order valence-corrected chi connectivity index (χ2v) is 5.17. The summed E-state index contributed by atoms with van der Waals surface area (Å²) in [5.74, 6) is -1.36. The molecule has 3 aromatic rings. The standard InChI is InChI=1S/C18H12FN3O3/c19-15-8-7-14(22(24)25)11-16(15)21-17(23)9-6-13-4-1-3-12-5-2-10-20-18(12)13/h1-11H,(H,21,23)/b9-6+. The summed E-state index contributed by atoms with van der Waals surface area (Å²) in [6.45, 7) is 0. The van der Waals surface area contributed by atoms with Gasteiger partial charge < -0.3 is 5.32 Å². The van der Waals surface area contributed by atoms with Crippen molar-refractivity contribution < 1.29 is 14.1 Å². The molecule has 0 saturated carbocycles. The van der Waals surface area contributed by atoms with E-state index in [2.05, 4.69) is 10.3 Å². The molecular formula is C18H12FN3O3. The van der Waals surface area contributed by atoms with Crippen molar-refractivity contribution in [1.82, 2.24) is 4.98 Å². The summed E-state index contributed by atoms with van der Waals surface area (Å²) in [5.41, 5.74) is 0.905. The third-order valence-electron chi connectivity index (χ3n) is 3.50. The van der Waals surface area contributed by atoms with Gasteiger partial charge >= 0.3 is 0 Å². The Labute approximate surface area is 141 Å². The minimum Gasteiger partial charge on any atom is -0.320 e. The third kappa shape index (κ3) is 3.66. The highest BCUT2D eigenvalue weighted by Gasteiger charge is 2.12. The summed E-state index contributed by atoms with van der Waals surface area (Å²) in [7, 11) is 0. The number of aromatic nitrogens is 1. The summed E-state index contributed by atoms with van der Waals surface area (Å²) in [5, 5.41) is 14.0. The largest absolute Gasteiger partial charge is 0.320 e. The lowest BCUT2D eigenvalue weighted by Gasteiger charge is -2.04. The van der Waals surface area contributed by atoms with E-state index in [-0.39, 0.29) is 11.4 Å². The summed E-state index contributed by atoms with van der Waals surface area (Å²) < 4.78 is 13.7. The van der Waals surface area contributed by atoms with Gasteiger partial charge in [0.25, 0.3) is 5.69 Å². The first-order chi connectivity index (χ1) is 12.0. The lowest BCUT2D eigenvalue weighted by molar-refractivity contribution is -0.384. The Morgan fingerprint density at radius 2 is 2.00 bits per heavy atom. The van der Waals surface area contributed by atoms with Crippen LogP contribution in [-0.4, -0.2) is 15.8 Å². The van der Waals surface area contributed by atoms with Crippen molar-refractivity contribution >= 4 is 34.3 Å². The quantitative estimate of drug-likeness (QED) is 0.444. The van der Waals surface area contributed by atoms with Crippen LogP contribution in [0.3, 0.4) is 0 Å². The summed E-state index contributed by atoms with van der Waals surface area (Å²) in [4.78, 5) is 26.3. The van der Waals surface area contributed by atoms with E-state index in [1.165, 1.54) is 6.08 Å². The van der Waals surface area contributed by atoms with E-state index in [0.29, 0.717) is 0 Å². The van der Waals surface area contributed by atoms with Crippen LogP contribution in [0.4, 0.5) is 15.8 Å². The molecule has 6 nitrogen and oxygen atoms in total. The number of nitrogens with one attached hydrogen (secondary N) is 1. The number of non-ortho nitro benzene ring substituents is 1. The van der Waals surface area contributed by atoms with Crippen molar-refractivity contribution in [3.05, 3.63) is 82.3 Å². The van der Waals surface area contributed by atoms with Gasteiger partial charge in [0.15, 0.2) is 0 Å². The molecule has 25 heavy (non-hydrogen) atoms. The van der Waals surface area contributed by atoms with Gasteiger partial charge in [-0.1, -0.05) is 24.3 Å². The number of pyridine rings is 1. The maximum absolute atomic E-state index is 13.7. The van der Waals surface area contributed by atoms with Crippen LogP contribution < -0.4 is 5.32 Å². The first kappa shape index (κ1) is 16.3. The predicted molar refractivity (Wildman–Crippen MR) is 92.5 cm³/mol. The smallest absolute Gasteiger partial charge is 0.271 e. The van der Waals surface area contributed by atoms with Crippen molar-refractivity contribution in [2.75, 3.05) is 5.32 Å². The van der Waals surface area contributed by atoms with Gasteiger partial charge in [0, 0.05) is 35.4 Å². The molecule has 0 radical (unpaired) electrons. The molecule has 0 aliphatic carbocycles. The van der Waals surface area contributed by atoms with Crippen LogP contribution in [0.2, 0.25) is 0 Å². The van der Waals surface area contributed by atoms with E-state index in [0.717, 1.165) is 34.7 Å². The van der Waals surface area contributed by atoms with Gasteiger partial charge in [0.2, 0.25) is 5.91 Å². The highest BCUT2D eigenvalue weighted by molar-refractivity contribution is 6.03. The fourth-order valence-electron chi connectivity index (χ4n) is 2.32. The summed E-state index contributed by atoms with van der Waals surface area (Å²) in [6.07, 6.45) is 4.43. The number of nitro groups is 1. The van der Waals surface area contributed by atoms with Crippen molar-refractivity contribution in [3.63, 3.8) is 0 Å². The van der Waals surface area contributed by atoms with Crippen molar-refractivity contribution in [3.8, 4) is 0 Å². The third-order valence-corrected chi connectivity index (χ3v) is 3.50. The minimum absolute atomic E-state index is 0.250. The van der Waals surface area contributed by atoms with Crippen molar-refractivity contribution in [1.29, 1.82) is 0 Å². The number of nitro benzene ring substituents is 1. The maximum Gasteiger partial charge on any atom is 0.271 e. The molecule has 1 N–H and O–H groups in total. The van der Waals surface area contributed by atoms with Crippen LogP contribution in [0.25, 0.3) is 17.0 Å². The Kier molecular flexibility index (Phi) is 4.47. The molecule has 7 heteroatoms. The van der Waals surface area contributed by atoms with Crippen LogP contribution in [0, 0.1) is 15.9 Å². The minimum atomic E-state index is -0.751. The average molecular weight is 337 g/mol. The van der Waals surface area contributed by atoms with Crippen LogP contribution in [0.5, 0.6) is 0 Å². The second-order valence-electron chi connectivity index (χ2n) is 5.17. The van der Waals surface area contributed by atoms with Gasteiger partial charge in [-0.15, -0.1) is 0 Å². The monoisotopic (exact) mass is 337 g/mol. The molecule has 0 bridgehead atoms. The number of hydrogen-bond acceptors (Lipinski definition) is 4. The zero-order chi connectivity index (χ0) is 17.8. The molecule has 0 atom stereocenters. The molecular weight excluding hydrogens is 325 g/mol. The number of carbonyl (C=O) groups excluding carboxylic acids is 1. The van der Waals surface area contributed by atoms with Gasteiger partial charge in [-0.3, -0.25) is 19.9 Å². The molecule has 0 spiro atoms. The van der Waals surface area contributed by atoms with Crippen LogP contribution >= 0.6 is 0 Å². The van der Waals surface area contributed by atoms with E-state index in [4.69, 9.17) is 0 Å². The first-order valence-corrected chi connectivity index (χ1v) is 7.31. The molecule has 0 aliphatic rings. The van der Waals surface area contributed by atoms with Crippen molar-refractivity contribution in [2.24, 2.45) is 0 Å². The Bertz CT molecular complexity index is 997. The van der Waals surface area contributed by atoms with Gasteiger partial charge in [0.05, 0.1) is 16.1 Å². The van der Waals surface area contributed by atoms with E-state index in [1.54, 1.807) is 18.3 Å². The number of rotatable bonds is 4. The van der Waals surface area contributed by atoms with Crippen LogP contribution in [0.15, 0.2) is 60.8 Å². The highest BCUT2D eigenvalue weighted by atomic mass is 19.1. The van der Waals surface area contributed by atoms with Crippen LogP contribution in [-0.2, 0) is 4.79 Å². The first-order valence-electron chi connectivity index (χ1n) is 7.31. The average Bonchev–Trinajstić information content (AvgIpc) is 2.61. The second kappa shape index (κ2) is 6.88. The molecule has 0 fully saturated rings. The van der Waals surface area contributed by atoms with Gasteiger partial charge in [0.1, 0.15) is 5.82 Å². The maximum atomic E-state index is 13.7. The highest BCUT2D eigenvalue weighted by Crippen LogP contribution is 2.21. The molecule has 2 aromatic carbocycles. The SMILES string of the molecule is O=C(/C=C/c1cccc2cccnc12)Nc1cc([N+](=O)[O-])ccc1F. The number of carbonyl (C=O) groups is 1. The fourth-order valence-corrected chi connectivity index (χ4v) is 2.32. The summed E-state index contributed by atoms with van der Waals surface area (Å²) in [6, 6.07) is 12.2. The molecule has 1 heterocycles. The van der Waals surface area contributed by atoms with Gasteiger partial charge in [-0.25, -0.2) is 4.39 Å². The molecule has 1 amide bonds. The number of anilines is 1. The Hall–Kier alpha value is -3.61. The molecule has 1 aromatic heterocycles. The number of amides is 1. The molecule has 124 valence electrons. The van der Waals surface area contributed by atoms with Crippen molar-refractivity contribution in [2.45, 2.75) is 0 Å².